The minimum Gasteiger partial charge on any atom is -0.377 e. The number of benzene rings is 1. The van der Waals surface area contributed by atoms with Gasteiger partial charge in [0.05, 0.1) is 19.7 Å². The van der Waals surface area contributed by atoms with Crippen molar-refractivity contribution in [1.29, 1.82) is 0 Å². The molecule has 0 unspecified atom stereocenters. The lowest BCUT2D eigenvalue weighted by molar-refractivity contribution is 0.0721. The van der Waals surface area contributed by atoms with Gasteiger partial charge in [-0.1, -0.05) is 12.1 Å². The maximum Gasteiger partial charge on any atom is 0.254 e. The van der Waals surface area contributed by atoms with E-state index in [1.165, 1.54) is 0 Å². The predicted octanol–water partition coefficient (Wildman–Crippen LogP) is 4.39. The van der Waals surface area contributed by atoms with Crippen molar-refractivity contribution in [2.75, 3.05) is 13.2 Å². The summed E-state index contributed by atoms with van der Waals surface area (Å²) in [5, 5.41) is 0. The molecule has 0 spiro atoms. The second-order valence-corrected chi connectivity index (χ2v) is 9.11. The van der Waals surface area contributed by atoms with E-state index in [0.717, 1.165) is 43.2 Å². The third-order valence-corrected chi connectivity index (χ3v) is 5.83. The Kier molecular flexibility index (Phi) is 9.85. The van der Waals surface area contributed by atoms with E-state index < -0.39 is 0 Å². The summed E-state index contributed by atoms with van der Waals surface area (Å²) in [6.07, 6.45) is 9.05. The number of nitrogens with one attached hydrogen (secondary N) is 2. The van der Waals surface area contributed by atoms with Gasteiger partial charge in [-0.05, 0) is 64.8 Å². The lowest BCUT2D eigenvalue weighted by Crippen LogP contribution is -2.37. The third kappa shape index (κ3) is 7.81. The Morgan fingerprint density at radius 1 is 0.912 bits per heavy atom. The molecule has 2 N–H and O–H groups in total. The lowest BCUT2D eigenvalue weighted by Gasteiger charge is -2.30. The van der Waals surface area contributed by atoms with Gasteiger partial charge < -0.3 is 19.6 Å². The van der Waals surface area contributed by atoms with Gasteiger partial charge in [-0.15, -0.1) is 0 Å². The summed E-state index contributed by atoms with van der Waals surface area (Å²) >= 11 is 0. The van der Waals surface area contributed by atoms with E-state index in [9.17, 15) is 4.79 Å². The first-order valence-corrected chi connectivity index (χ1v) is 12.1. The average Bonchev–Trinajstić information content (AvgIpc) is 3.52. The SMILES string of the molecule is CC(C)N(CCCCOCc1ccc(C(=O)N(Cc2ncc[nH]2)Cc2ncc[nH]2)cc1)C(C)C. The van der Waals surface area contributed by atoms with Crippen LogP contribution in [-0.2, 0) is 24.4 Å². The lowest BCUT2D eigenvalue weighted by atomic mass is 10.1. The number of ether oxygens (including phenoxy) is 1. The average molecular weight is 467 g/mol. The summed E-state index contributed by atoms with van der Waals surface area (Å²) in [6.45, 7) is 12.1. The van der Waals surface area contributed by atoms with E-state index >= 15 is 0 Å². The molecule has 2 heterocycles. The van der Waals surface area contributed by atoms with Crippen molar-refractivity contribution in [1.82, 2.24) is 29.7 Å². The number of aromatic nitrogens is 4. The Morgan fingerprint density at radius 2 is 1.50 bits per heavy atom. The molecule has 8 nitrogen and oxygen atoms in total. The molecule has 3 aromatic rings. The molecule has 0 saturated carbocycles. The molecule has 1 amide bonds. The standard InChI is InChI=1S/C26H38N6O2/c1-20(2)32(21(3)4)15-5-6-16-34-19-22-7-9-23(10-8-22)26(33)31(17-24-27-11-12-28-24)18-25-29-13-14-30-25/h7-14,20-21H,5-6,15-19H2,1-4H3,(H,27,28)(H,29,30). The zero-order valence-electron chi connectivity index (χ0n) is 20.8. The summed E-state index contributed by atoms with van der Waals surface area (Å²) in [4.78, 5) is 32.1. The van der Waals surface area contributed by atoms with E-state index in [1.807, 2.05) is 24.3 Å². The van der Waals surface area contributed by atoms with Gasteiger partial charge in [0.2, 0.25) is 0 Å². The van der Waals surface area contributed by atoms with Crippen LogP contribution in [0.2, 0.25) is 0 Å². The zero-order chi connectivity index (χ0) is 24.3. The predicted molar refractivity (Wildman–Crippen MR) is 133 cm³/mol. The zero-order valence-corrected chi connectivity index (χ0v) is 20.8. The molecule has 3 rings (SSSR count). The van der Waals surface area contributed by atoms with Gasteiger partial charge in [-0.25, -0.2) is 9.97 Å². The Bertz CT molecular complexity index is 908. The van der Waals surface area contributed by atoms with Crippen molar-refractivity contribution in [3.8, 4) is 0 Å². The smallest absolute Gasteiger partial charge is 0.254 e. The van der Waals surface area contributed by atoms with E-state index in [1.54, 1.807) is 29.7 Å². The second-order valence-electron chi connectivity index (χ2n) is 9.11. The van der Waals surface area contributed by atoms with Crippen LogP contribution in [0.3, 0.4) is 0 Å². The van der Waals surface area contributed by atoms with Crippen molar-refractivity contribution in [3.05, 3.63) is 71.8 Å². The summed E-state index contributed by atoms with van der Waals surface area (Å²) < 4.78 is 5.87. The number of imidazole rings is 2. The first kappa shape index (κ1) is 25.6. The summed E-state index contributed by atoms with van der Waals surface area (Å²) in [6, 6.07) is 8.78. The third-order valence-electron chi connectivity index (χ3n) is 5.83. The number of carbonyl (C=O) groups excluding carboxylic acids is 1. The number of rotatable bonds is 14. The first-order valence-electron chi connectivity index (χ1n) is 12.1. The quantitative estimate of drug-likeness (QED) is 0.344. The molecular weight excluding hydrogens is 428 g/mol. The molecule has 0 radical (unpaired) electrons. The number of amides is 1. The summed E-state index contributed by atoms with van der Waals surface area (Å²) in [7, 11) is 0. The molecule has 0 aliphatic rings. The maximum absolute atomic E-state index is 13.2. The molecule has 0 fully saturated rings. The minimum atomic E-state index is -0.0693. The Labute approximate surface area is 202 Å². The van der Waals surface area contributed by atoms with Crippen LogP contribution in [-0.4, -0.2) is 60.9 Å². The molecular formula is C26H38N6O2. The Hall–Kier alpha value is -2.97. The molecule has 0 bridgehead atoms. The largest absolute Gasteiger partial charge is 0.377 e. The number of carbonyl (C=O) groups is 1. The molecule has 2 aromatic heterocycles. The van der Waals surface area contributed by atoms with Gasteiger partial charge in [-0.3, -0.25) is 9.69 Å². The molecule has 8 heteroatoms. The Morgan fingerprint density at radius 3 is 2.00 bits per heavy atom. The maximum atomic E-state index is 13.2. The van der Waals surface area contributed by atoms with Gasteiger partial charge >= 0.3 is 0 Å². The van der Waals surface area contributed by atoms with Crippen LogP contribution in [0.1, 0.15) is 68.1 Å². The van der Waals surface area contributed by atoms with Crippen molar-refractivity contribution in [2.45, 2.75) is 72.3 Å². The molecule has 0 aliphatic carbocycles. The number of unbranched alkanes of at least 4 members (excludes halogenated alkanes) is 1. The van der Waals surface area contributed by atoms with Crippen molar-refractivity contribution >= 4 is 5.91 Å². The van der Waals surface area contributed by atoms with Gasteiger partial charge in [-0.2, -0.15) is 0 Å². The van der Waals surface area contributed by atoms with Gasteiger partial charge in [0.15, 0.2) is 0 Å². The molecule has 184 valence electrons. The van der Waals surface area contributed by atoms with E-state index in [0.29, 0.717) is 37.3 Å². The Balaban J connectivity index is 1.47. The highest BCUT2D eigenvalue weighted by atomic mass is 16.5. The molecule has 0 aliphatic heterocycles. The van der Waals surface area contributed by atoms with Crippen LogP contribution in [0.25, 0.3) is 0 Å². The fourth-order valence-corrected chi connectivity index (χ4v) is 4.06. The monoisotopic (exact) mass is 466 g/mol. The fourth-order valence-electron chi connectivity index (χ4n) is 4.06. The van der Waals surface area contributed by atoms with Crippen LogP contribution in [0.4, 0.5) is 0 Å². The molecule has 0 atom stereocenters. The number of H-pyrrole nitrogens is 2. The fraction of sp³-hybridized carbons (Fsp3) is 0.500. The van der Waals surface area contributed by atoms with E-state index in [-0.39, 0.29) is 5.91 Å². The topological polar surface area (TPSA) is 90.1 Å². The summed E-state index contributed by atoms with van der Waals surface area (Å²) in [5.74, 6) is 1.39. The number of hydrogen-bond donors (Lipinski definition) is 2. The van der Waals surface area contributed by atoms with Crippen LogP contribution < -0.4 is 0 Å². The highest BCUT2D eigenvalue weighted by Gasteiger charge is 2.19. The van der Waals surface area contributed by atoms with Crippen molar-refractivity contribution < 1.29 is 9.53 Å². The van der Waals surface area contributed by atoms with Crippen LogP contribution in [0.5, 0.6) is 0 Å². The second kappa shape index (κ2) is 13.1. The van der Waals surface area contributed by atoms with Crippen LogP contribution >= 0.6 is 0 Å². The van der Waals surface area contributed by atoms with E-state index in [4.69, 9.17) is 4.74 Å². The van der Waals surface area contributed by atoms with Gasteiger partial charge in [0.1, 0.15) is 11.6 Å². The highest BCUT2D eigenvalue weighted by Crippen LogP contribution is 2.13. The minimum absolute atomic E-state index is 0.0693. The van der Waals surface area contributed by atoms with Crippen molar-refractivity contribution in [3.63, 3.8) is 0 Å². The van der Waals surface area contributed by atoms with Gasteiger partial charge in [0.25, 0.3) is 5.91 Å². The molecule has 1 aromatic carbocycles. The summed E-state index contributed by atoms with van der Waals surface area (Å²) in [5.41, 5.74) is 1.69. The molecule has 0 saturated heterocycles. The number of hydrogen-bond acceptors (Lipinski definition) is 5. The number of nitrogens with zero attached hydrogens (tertiary/aromatic N) is 4. The molecule has 34 heavy (non-hydrogen) atoms. The van der Waals surface area contributed by atoms with Crippen LogP contribution in [0, 0.1) is 0 Å². The first-order chi connectivity index (χ1) is 16.4. The normalized spacial score (nSPS) is 11.6. The van der Waals surface area contributed by atoms with Crippen LogP contribution in [0.15, 0.2) is 49.1 Å². The van der Waals surface area contributed by atoms with Crippen molar-refractivity contribution in [2.24, 2.45) is 0 Å². The number of aromatic amines is 2. The van der Waals surface area contributed by atoms with Gasteiger partial charge in [0, 0.05) is 49.0 Å². The van der Waals surface area contributed by atoms with E-state index in [2.05, 4.69) is 52.5 Å². The highest BCUT2D eigenvalue weighted by molar-refractivity contribution is 5.94.